The fraction of sp³-hybridized carbons (Fsp3) is 0.412. The number of amides is 2. The number of ether oxygens (including phenoxy) is 3. The molecule has 6 nitrogen and oxygen atoms in total. The van der Waals surface area contributed by atoms with Gasteiger partial charge in [-0.05, 0) is 18.2 Å². The molecule has 0 saturated carbocycles. The number of benzene rings is 1. The van der Waals surface area contributed by atoms with Crippen LogP contribution in [0.3, 0.4) is 0 Å². The van der Waals surface area contributed by atoms with E-state index in [9.17, 15) is 14.0 Å². The summed E-state index contributed by atoms with van der Waals surface area (Å²) in [6, 6.07) is 5.76. The molecule has 0 aliphatic carbocycles. The van der Waals surface area contributed by atoms with Crippen molar-refractivity contribution in [3.63, 3.8) is 0 Å². The number of nitrogens with zero attached hydrogens (tertiary/aromatic N) is 1. The van der Waals surface area contributed by atoms with Crippen molar-refractivity contribution >= 4 is 17.5 Å². The summed E-state index contributed by atoms with van der Waals surface area (Å²) in [4.78, 5) is 26.8. The maximum absolute atomic E-state index is 14.1. The molecule has 4 heterocycles. The van der Waals surface area contributed by atoms with E-state index in [1.165, 1.54) is 18.2 Å². The lowest BCUT2D eigenvalue weighted by Gasteiger charge is -2.32. The van der Waals surface area contributed by atoms with Gasteiger partial charge in [0.25, 0.3) is 0 Å². The first kappa shape index (κ1) is 14.3. The fourth-order valence-corrected chi connectivity index (χ4v) is 4.20. The van der Waals surface area contributed by atoms with Crippen molar-refractivity contribution in [1.82, 2.24) is 0 Å². The van der Waals surface area contributed by atoms with Gasteiger partial charge in [-0.2, -0.15) is 0 Å². The first-order valence-electron chi connectivity index (χ1n) is 7.86. The molecule has 0 spiro atoms. The number of para-hydroxylation sites is 1. The van der Waals surface area contributed by atoms with Gasteiger partial charge in [-0.15, -0.1) is 0 Å². The molecule has 3 saturated heterocycles. The highest BCUT2D eigenvalue weighted by Crippen LogP contribution is 2.55. The molecule has 1 aromatic rings. The summed E-state index contributed by atoms with van der Waals surface area (Å²) in [5.74, 6) is -2.95. The Labute approximate surface area is 136 Å². The average Bonchev–Trinajstić information content (AvgIpc) is 3.33. The maximum atomic E-state index is 14.1. The zero-order valence-electron chi connectivity index (χ0n) is 12.6. The van der Waals surface area contributed by atoms with Crippen molar-refractivity contribution in [2.45, 2.75) is 18.0 Å². The van der Waals surface area contributed by atoms with Gasteiger partial charge in [0.2, 0.25) is 11.8 Å². The van der Waals surface area contributed by atoms with Crippen LogP contribution in [-0.2, 0) is 23.8 Å². The number of rotatable bonds is 2. The second kappa shape index (κ2) is 4.72. The predicted octanol–water partition coefficient (Wildman–Crippen LogP) is 1.01. The van der Waals surface area contributed by atoms with Gasteiger partial charge < -0.3 is 14.2 Å². The molecule has 0 N–H and O–H groups in total. The zero-order chi connectivity index (χ0) is 16.5. The molecule has 124 valence electrons. The number of hydrogen-bond acceptors (Lipinski definition) is 5. The van der Waals surface area contributed by atoms with Gasteiger partial charge in [0.05, 0.1) is 36.8 Å². The topological polar surface area (TPSA) is 65.1 Å². The van der Waals surface area contributed by atoms with Crippen LogP contribution in [0.5, 0.6) is 0 Å². The van der Waals surface area contributed by atoms with Gasteiger partial charge in [0.1, 0.15) is 5.82 Å². The standard InChI is InChI=1S/C17H14FNO5/c18-9-3-1-2-4-10(9)19-14(20)12-11-5-6-17(24-11,13(12)15(19)21)16-22-7-8-23-16/h1-6,11-13,16H,7-8H2/t11-,12+,13+,17-/m1/s1. The summed E-state index contributed by atoms with van der Waals surface area (Å²) < 4.78 is 31.2. The summed E-state index contributed by atoms with van der Waals surface area (Å²) >= 11 is 0. The molecule has 4 atom stereocenters. The van der Waals surface area contributed by atoms with Crippen molar-refractivity contribution < 1.29 is 28.2 Å². The number of imide groups is 1. The summed E-state index contributed by atoms with van der Waals surface area (Å²) in [6.45, 7) is 0.815. The molecule has 2 amide bonds. The molecule has 4 aliphatic rings. The minimum atomic E-state index is -1.11. The molecule has 7 heteroatoms. The molecule has 4 aliphatic heterocycles. The third kappa shape index (κ3) is 1.59. The summed E-state index contributed by atoms with van der Waals surface area (Å²) in [5.41, 5.74) is -1.14. The van der Waals surface area contributed by atoms with Gasteiger partial charge in [0, 0.05) is 0 Å². The average molecular weight is 331 g/mol. The van der Waals surface area contributed by atoms with Crippen LogP contribution in [0.4, 0.5) is 10.1 Å². The van der Waals surface area contributed by atoms with Crippen LogP contribution in [-0.4, -0.2) is 43.0 Å². The molecule has 2 bridgehead atoms. The Kier molecular flexibility index (Phi) is 2.81. The number of halogens is 1. The Balaban J connectivity index is 1.59. The van der Waals surface area contributed by atoms with Crippen molar-refractivity contribution in [3.05, 3.63) is 42.2 Å². The summed E-state index contributed by atoms with van der Waals surface area (Å²) in [6.07, 6.45) is 2.27. The molecule has 24 heavy (non-hydrogen) atoms. The van der Waals surface area contributed by atoms with Crippen molar-refractivity contribution in [1.29, 1.82) is 0 Å². The third-order valence-electron chi connectivity index (χ3n) is 5.16. The molecule has 0 aromatic heterocycles. The molecule has 5 rings (SSSR count). The predicted molar refractivity (Wildman–Crippen MR) is 78.3 cm³/mol. The highest BCUT2D eigenvalue weighted by Gasteiger charge is 2.71. The monoisotopic (exact) mass is 331 g/mol. The van der Waals surface area contributed by atoms with E-state index >= 15 is 0 Å². The Morgan fingerprint density at radius 3 is 2.62 bits per heavy atom. The number of anilines is 1. The lowest BCUT2D eigenvalue weighted by atomic mass is 9.76. The Morgan fingerprint density at radius 1 is 1.12 bits per heavy atom. The van der Waals surface area contributed by atoms with E-state index in [2.05, 4.69) is 0 Å². The highest BCUT2D eigenvalue weighted by molar-refractivity contribution is 6.23. The van der Waals surface area contributed by atoms with Crippen LogP contribution in [0.1, 0.15) is 0 Å². The SMILES string of the molecule is O=C1[C@@H]2[C@@H](C(=O)N1c1ccccc1F)[C@@]1(C3OCCO3)C=C[C@H]2O1. The highest BCUT2D eigenvalue weighted by atomic mass is 19.1. The largest absolute Gasteiger partial charge is 0.357 e. The van der Waals surface area contributed by atoms with Gasteiger partial charge >= 0.3 is 0 Å². The quantitative estimate of drug-likeness (QED) is 0.598. The molecule has 1 aromatic carbocycles. The Bertz CT molecular complexity index is 774. The van der Waals surface area contributed by atoms with Gasteiger partial charge in [-0.3, -0.25) is 9.59 Å². The third-order valence-corrected chi connectivity index (χ3v) is 5.16. The first-order chi connectivity index (χ1) is 11.6. The van der Waals surface area contributed by atoms with E-state index in [4.69, 9.17) is 14.2 Å². The minimum absolute atomic E-state index is 0.0234. The number of hydrogen-bond donors (Lipinski definition) is 0. The van der Waals surface area contributed by atoms with E-state index in [0.29, 0.717) is 13.2 Å². The first-order valence-corrected chi connectivity index (χ1v) is 7.86. The summed E-state index contributed by atoms with van der Waals surface area (Å²) in [5, 5.41) is 0. The van der Waals surface area contributed by atoms with Crippen LogP contribution in [0.15, 0.2) is 36.4 Å². The van der Waals surface area contributed by atoms with Crippen LogP contribution < -0.4 is 4.90 Å². The van der Waals surface area contributed by atoms with E-state index in [0.717, 1.165) is 4.90 Å². The lowest BCUT2D eigenvalue weighted by Crippen LogP contribution is -2.49. The van der Waals surface area contributed by atoms with Gasteiger partial charge in [0.15, 0.2) is 11.9 Å². The Hall–Kier alpha value is -2.09. The second-order valence-corrected chi connectivity index (χ2v) is 6.34. The second-order valence-electron chi connectivity index (χ2n) is 6.34. The Morgan fingerprint density at radius 2 is 1.88 bits per heavy atom. The molecule has 3 fully saturated rings. The maximum Gasteiger partial charge on any atom is 0.241 e. The molecular weight excluding hydrogens is 317 g/mol. The van der Waals surface area contributed by atoms with Gasteiger partial charge in [-0.1, -0.05) is 18.2 Å². The van der Waals surface area contributed by atoms with E-state index in [-0.39, 0.29) is 5.69 Å². The molecule has 0 unspecified atom stereocenters. The zero-order valence-corrected chi connectivity index (χ0v) is 12.6. The smallest absolute Gasteiger partial charge is 0.241 e. The van der Waals surface area contributed by atoms with Crippen LogP contribution in [0, 0.1) is 17.7 Å². The van der Waals surface area contributed by atoms with Crippen LogP contribution in [0.25, 0.3) is 0 Å². The van der Waals surface area contributed by atoms with Crippen molar-refractivity contribution in [2.75, 3.05) is 18.1 Å². The minimum Gasteiger partial charge on any atom is -0.357 e. The van der Waals surface area contributed by atoms with Crippen molar-refractivity contribution in [2.24, 2.45) is 11.8 Å². The number of carbonyl (C=O) groups excluding carboxylic acids is 2. The van der Waals surface area contributed by atoms with Crippen LogP contribution in [0.2, 0.25) is 0 Å². The lowest BCUT2D eigenvalue weighted by molar-refractivity contribution is -0.180. The molecule has 0 radical (unpaired) electrons. The van der Waals surface area contributed by atoms with Crippen LogP contribution >= 0.6 is 0 Å². The number of fused-ring (bicyclic) bond motifs is 5. The number of carbonyl (C=O) groups is 2. The molecular formula is C17H14FNO5. The van der Waals surface area contributed by atoms with Gasteiger partial charge in [-0.25, -0.2) is 9.29 Å². The summed E-state index contributed by atoms with van der Waals surface area (Å²) in [7, 11) is 0. The van der Waals surface area contributed by atoms with E-state index in [1.807, 2.05) is 0 Å². The normalized spacial score (nSPS) is 37.7. The van der Waals surface area contributed by atoms with Crippen molar-refractivity contribution in [3.8, 4) is 0 Å². The fourth-order valence-electron chi connectivity index (χ4n) is 4.20. The van der Waals surface area contributed by atoms with E-state index in [1.54, 1.807) is 18.2 Å². The van der Waals surface area contributed by atoms with E-state index < -0.39 is 47.5 Å².